The summed E-state index contributed by atoms with van der Waals surface area (Å²) in [5.74, 6) is -0.921. The Morgan fingerprint density at radius 2 is 1.86 bits per heavy atom. The fourth-order valence-electron chi connectivity index (χ4n) is 1.07. The fourth-order valence-corrected chi connectivity index (χ4v) is 1.07. The highest BCUT2D eigenvalue weighted by molar-refractivity contribution is 5.27. The zero-order valence-electron chi connectivity index (χ0n) is 7.40. The van der Waals surface area contributed by atoms with Gasteiger partial charge in [0.1, 0.15) is 5.82 Å². The molecule has 14 heavy (non-hydrogen) atoms. The van der Waals surface area contributed by atoms with Crippen molar-refractivity contribution in [2.24, 2.45) is 5.73 Å². The van der Waals surface area contributed by atoms with Gasteiger partial charge in [0.2, 0.25) is 0 Å². The molecule has 0 spiro atoms. The summed E-state index contributed by atoms with van der Waals surface area (Å²) in [6.07, 6.45) is -4.52. The van der Waals surface area contributed by atoms with Crippen LogP contribution in [0.3, 0.4) is 0 Å². The quantitative estimate of drug-likeness (QED) is 0.704. The number of benzene rings is 1. The van der Waals surface area contributed by atoms with E-state index in [9.17, 15) is 17.6 Å². The van der Waals surface area contributed by atoms with Crippen molar-refractivity contribution in [3.63, 3.8) is 0 Å². The molecule has 78 valence electrons. The highest BCUT2D eigenvalue weighted by Gasteiger charge is 2.31. The highest BCUT2D eigenvalue weighted by Crippen LogP contribution is 2.30. The van der Waals surface area contributed by atoms with Crippen LogP contribution in [0.4, 0.5) is 17.6 Å². The molecule has 0 aliphatic rings. The van der Waals surface area contributed by atoms with E-state index in [4.69, 9.17) is 5.73 Å². The second-order valence-corrected chi connectivity index (χ2v) is 3.02. The van der Waals surface area contributed by atoms with Crippen LogP contribution in [0.1, 0.15) is 24.1 Å². The molecule has 0 bridgehead atoms. The molecule has 0 fully saturated rings. The molecule has 0 heterocycles. The lowest BCUT2D eigenvalue weighted by Crippen LogP contribution is -2.10. The van der Waals surface area contributed by atoms with Gasteiger partial charge in [0.15, 0.2) is 0 Å². The van der Waals surface area contributed by atoms with E-state index < -0.39 is 23.6 Å². The molecule has 0 saturated carbocycles. The first-order chi connectivity index (χ1) is 6.32. The zero-order valence-corrected chi connectivity index (χ0v) is 7.40. The molecule has 0 radical (unpaired) electrons. The van der Waals surface area contributed by atoms with Crippen molar-refractivity contribution >= 4 is 0 Å². The van der Waals surface area contributed by atoms with Gasteiger partial charge in [-0.05, 0) is 19.1 Å². The van der Waals surface area contributed by atoms with Gasteiger partial charge in [-0.15, -0.1) is 0 Å². The molecule has 0 aliphatic heterocycles. The second kappa shape index (κ2) is 3.57. The molecule has 1 atom stereocenters. The van der Waals surface area contributed by atoms with Gasteiger partial charge >= 0.3 is 6.18 Å². The number of halogens is 4. The number of alkyl halides is 3. The summed E-state index contributed by atoms with van der Waals surface area (Å²) in [7, 11) is 0. The average Bonchev–Trinajstić information content (AvgIpc) is 2.01. The van der Waals surface area contributed by atoms with Crippen molar-refractivity contribution in [1.82, 2.24) is 0 Å². The third-order valence-electron chi connectivity index (χ3n) is 1.82. The Morgan fingerprint density at radius 3 is 2.21 bits per heavy atom. The standard InChI is InChI=1S/C9H9F4N/c1-5(14)7-3-2-6(4-8(7)10)9(11,12)13/h2-5H,14H2,1H3/t5-/m0/s1. The fraction of sp³-hybridized carbons (Fsp3) is 0.333. The Balaban J connectivity index is 3.13. The smallest absolute Gasteiger partial charge is 0.324 e. The molecule has 1 rings (SSSR count). The maximum atomic E-state index is 13.1. The predicted octanol–water partition coefficient (Wildman–Crippen LogP) is 2.86. The molecule has 0 unspecified atom stereocenters. The van der Waals surface area contributed by atoms with Gasteiger partial charge in [0.25, 0.3) is 0 Å². The van der Waals surface area contributed by atoms with Gasteiger partial charge in [-0.25, -0.2) is 4.39 Å². The number of rotatable bonds is 1. The summed E-state index contributed by atoms with van der Waals surface area (Å²) in [5, 5.41) is 0. The molecule has 1 aromatic carbocycles. The van der Waals surface area contributed by atoms with Gasteiger partial charge in [-0.2, -0.15) is 13.2 Å². The summed E-state index contributed by atoms with van der Waals surface area (Å²) in [6.45, 7) is 1.51. The van der Waals surface area contributed by atoms with Crippen LogP contribution >= 0.6 is 0 Å². The van der Waals surface area contributed by atoms with E-state index in [1.165, 1.54) is 6.92 Å². The minimum atomic E-state index is -4.52. The van der Waals surface area contributed by atoms with Crippen LogP contribution in [0.15, 0.2) is 18.2 Å². The van der Waals surface area contributed by atoms with E-state index in [2.05, 4.69) is 0 Å². The van der Waals surface area contributed by atoms with E-state index in [0.29, 0.717) is 6.07 Å². The molecular weight excluding hydrogens is 198 g/mol. The Kier molecular flexibility index (Phi) is 2.80. The van der Waals surface area contributed by atoms with Gasteiger partial charge in [0, 0.05) is 11.6 Å². The largest absolute Gasteiger partial charge is 0.416 e. The topological polar surface area (TPSA) is 26.0 Å². The number of nitrogens with two attached hydrogens (primary N) is 1. The van der Waals surface area contributed by atoms with Gasteiger partial charge < -0.3 is 5.73 Å². The monoisotopic (exact) mass is 207 g/mol. The molecule has 1 aromatic rings. The Bertz CT molecular complexity index is 330. The van der Waals surface area contributed by atoms with Gasteiger partial charge in [0.05, 0.1) is 5.56 Å². The van der Waals surface area contributed by atoms with Crippen LogP contribution < -0.4 is 5.73 Å². The van der Waals surface area contributed by atoms with Crippen LogP contribution in [-0.4, -0.2) is 0 Å². The van der Waals surface area contributed by atoms with E-state index in [1.54, 1.807) is 0 Å². The van der Waals surface area contributed by atoms with E-state index in [-0.39, 0.29) is 5.56 Å². The number of hydrogen-bond acceptors (Lipinski definition) is 1. The first-order valence-electron chi connectivity index (χ1n) is 3.94. The lowest BCUT2D eigenvalue weighted by Gasteiger charge is -2.10. The van der Waals surface area contributed by atoms with Gasteiger partial charge in [-0.3, -0.25) is 0 Å². The van der Waals surface area contributed by atoms with E-state index >= 15 is 0 Å². The van der Waals surface area contributed by atoms with Crippen LogP contribution in [-0.2, 0) is 6.18 Å². The van der Waals surface area contributed by atoms with Crippen molar-refractivity contribution in [3.8, 4) is 0 Å². The van der Waals surface area contributed by atoms with Crippen LogP contribution in [0.25, 0.3) is 0 Å². The van der Waals surface area contributed by atoms with Crippen molar-refractivity contribution < 1.29 is 17.6 Å². The maximum absolute atomic E-state index is 13.1. The molecule has 0 saturated heterocycles. The Hall–Kier alpha value is -1.10. The minimum Gasteiger partial charge on any atom is -0.324 e. The van der Waals surface area contributed by atoms with E-state index in [0.717, 1.165) is 12.1 Å². The zero-order chi connectivity index (χ0) is 10.9. The van der Waals surface area contributed by atoms with Crippen LogP contribution in [0.5, 0.6) is 0 Å². The molecule has 1 nitrogen and oxygen atoms in total. The van der Waals surface area contributed by atoms with Crippen molar-refractivity contribution in [1.29, 1.82) is 0 Å². The molecule has 0 amide bonds. The summed E-state index contributed by atoms with van der Waals surface area (Å²) in [5.41, 5.74) is 4.43. The molecule has 0 aliphatic carbocycles. The van der Waals surface area contributed by atoms with Gasteiger partial charge in [-0.1, -0.05) is 6.07 Å². The summed E-state index contributed by atoms with van der Waals surface area (Å²) < 4.78 is 49.4. The molecule has 2 N–H and O–H groups in total. The third kappa shape index (κ3) is 2.23. The minimum absolute atomic E-state index is 0.0815. The maximum Gasteiger partial charge on any atom is 0.416 e. The Labute approximate surface area is 78.5 Å². The predicted molar refractivity (Wildman–Crippen MR) is 44.0 cm³/mol. The lowest BCUT2D eigenvalue weighted by atomic mass is 10.1. The first kappa shape index (κ1) is 11.0. The highest BCUT2D eigenvalue weighted by atomic mass is 19.4. The van der Waals surface area contributed by atoms with Crippen molar-refractivity contribution in [2.45, 2.75) is 19.1 Å². The van der Waals surface area contributed by atoms with Crippen molar-refractivity contribution in [3.05, 3.63) is 35.1 Å². The van der Waals surface area contributed by atoms with Crippen LogP contribution in [0.2, 0.25) is 0 Å². The summed E-state index contributed by atoms with van der Waals surface area (Å²) >= 11 is 0. The average molecular weight is 207 g/mol. The third-order valence-corrected chi connectivity index (χ3v) is 1.82. The lowest BCUT2D eigenvalue weighted by molar-refractivity contribution is -0.137. The second-order valence-electron chi connectivity index (χ2n) is 3.02. The summed E-state index contributed by atoms with van der Waals surface area (Å²) in [6, 6.07) is 1.72. The first-order valence-corrected chi connectivity index (χ1v) is 3.94. The van der Waals surface area contributed by atoms with E-state index in [1.807, 2.05) is 0 Å². The number of hydrogen-bond donors (Lipinski definition) is 1. The molecule has 5 heteroatoms. The SMILES string of the molecule is C[C@H](N)c1ccc(C(F)(F)F)cc1F. The normalized spacial score (nSPS) is 14.1. The summed E-state index contributed by atoms with van der Waals surface area (Å²) in [4.78, 5) is 0. The van der Waals surface area contributed by atoms with Crippen LogP contribution in [0, 0.1) is 5.82 Å². The Morgan fingerprint density at radius 1 is 1.29 bits per heavy atom. The van der Waals surface area contributed by atoms with Crippen molar-refractivity contribution in [2.75, 3.05) is 0 Å². The molecule has 0 aromatic heterocycles. The molecular formula is C9H9F4N.